The van der Waals surface area contributed by atoms with Gasteiger partial charge < -0.3 is 0 Å². The molecule has 1 aliphatic rings. The number of nitriles is 1. The third kappa shape index (κ3) is 2.87. The zero-order chi connectivity index (χ0) is 12.3. The monoisotopic (exact) mass is 228 g/mol. The average molecular weight is 228 g/mol. The second-order valence-electron chi connectivity index (χ2n) is 5.14. The minimum Gasteiger partial charge on any atom is -0.296 e. The van der Waals surface area contributed by atoms with Crippen LogP contribution in [0.2, 0.25) is 0 Å². The van der Waals surface area contributed by atoms with E-state index in [2.05, 4.69) is 36.9 Å². The fourth-order valence-electron chi connectivity index (χ4n) is 2.56. The molecule has 2 rings (SSSR count). The van der Waals surface area contributed by atoms with Crippen molar-refractivity contribution in [2.45, 2.75) is 39.3 Å². The van der Waals surface area contributed by atoms with Gasteiger partial charge in [-0.2, -0.15) is 5.26 Å². The maximum atomic E-state index is 8.77. The molecule has 0 saturated carbocycles. The highest BCUT2D eigenvalue weighted by molar-refractivity contribution is 5.31. The molecule has 0 aromatic heterocycles. The second kappa shape index (κ2) is 5.33. The number of piperidine rings is 1. The summed E-state index contributed by atoms with van der Waals surface area (Å²) in [5.74, 6) is 0.794. The lowest BCUT2D eigenvalue weighted by molar-refractivity contribution is 0.106. The van der Waals surface area contributed by atoms with Crippen molar-refractivity contribution in [2.75, 3.05) is 6.54 Å². The summed E-state index contributed by atoms with van der Waals surface area (Å²) in [5.41, 5.74) is 2.05. The molecule has 2 heteroatoms. The fraction of sp³-hybridized carbons (Fsp3) is 0.533. The molecule has 0 bridgehead atoms. The topological polar surface area (TPSA) is 27.0 Å². The van der Waals surface area contributed by atoms with Gasteiger partial charge in [0.15, 0.2) is 0 Å². The van der Waals surface area contributed by atoms with E-state index in [1.165, 1.54) is 24.9 Å². The van der Waals surface area contributed by atoms with Crippen LogP contribution in [0.1, 0.15) is 37.8 Å². The number of benzene rings is 1. The Hall–Kier alpha value is -1.33. The molecule has 1 fully saturated rings. The first kappa shape index (κ1) is 12.1. The molecule has 1 saturated heterocycles. The predicted octanol–water partition coefficient (Wildman–Crippen LogP) is 3.18. The van der Waals surface area contributed by atoms with E-state index < -0.39 is 0 Å². The fourth-order valence-corrected chi connectivity index (χ4v) is 2.56. The first-order valence-electron chi connectivity index (χ1n) is 6.44. The molecule has 90 valence electrons. The smallest absolute Gasteiger partial charge is 0.0991 e. The van der Waals surface area contributed by atoms with Gasteiger partial charge in [-0.15, -0.1) is 0 Å². The molecule has 17 heavy (non-hydrogen) atoms. The van der Waals surface area contributed by atoms with E-state index in [1.807, 2.05) is 12.1 Å². The Bertz CT molecular complexity index is 402. The van der Waals surface area contributed by atoms with Crippen LogP contribution < -0.4 is 0 Å². The Morgan fingerprint density at radius 1 is 1.29 bits per heavy atom. The summed E-state index contributed by atoms with van der Waals surface area (Å²) in [6, 6.07) is 10.8. The van der Waals surface area contributed by atoms with Gasteiger partial charge in [0.1, 0.15) is 0 Å². The van der Waals surface area contributed by atoms with Gasteiger partial charge in [-0.05, 0) is 49.9 Å². The number of hydrogen-bond donors (Lipinski definition) is 0. The van der Waals surface area contributed by atoms with Crippen molar-refractivity contribution in [2.24, 2.45) is 5.92 Å². The summed E-state index contributed by atoms with van der Waals surface area (Å²) in [6.07, 6.45) is 2.66. The highest BCUT2D eigenvalue weighted by Crippen LogP contribution is 2.24. The molecule has 0 N–H and O–H groups in total. The number of rotatable bonds is 2. The van der Waals surface area contributed by atoms with Crippen molar-refractivity contribution < 1.29 is 0 Å². The van der Waals surface area contributed by atoms with Crippen LogP contribution in [0.4, 0.5) is 0 Å². The van der Waals surface area contributed by atoms with Crippen molar-refractivity contribution in [1.29, 1.82) is 5.26 Å². The van der Waals surface area contributed by atoms with Gasteiger partial charge >= 0.3 is 0 Å². The zero-order valence-corrected chi connectivity index (χ0v) is 10.7. The van der Waals surface area contributed by atoms with Crippen LogP contribution in [0.15, 0.2) is 24.3 Å². The normalized spacial score (nSPS) is 25.5. The second-order valence-corrected chi connectivity index (χ2v) is 5.14. The van der Waals surface area contributed by atoms with Gasteiger partial charge in [-0.3, -0.25) is 4.90 Å². The van der Waals surface area contributed by atoms with Crippen molar-refractivity contribution in [3.63, 3.8) is 0 Å². The highest BCUT2D eigenvalue weighted by atomic mass is 15.2. The quantitative estimate of drug-likeness (QED) is 0.777. The van der Waals surface area contributed by atoms with Crippen LogP contribution in [0.3, 0.4) is 0 Å². The van der Waals surface area contributed by atoms with E-state index in [9.17, 15) is 0 Å². The van der Waals surface area contributed by atoms with Gasteiger partial charge in [0, 0.05) is 12.6 Å². The third-order valence-electron chi connectivity index (χ3n) is 3.97. The largest absolute Gasteiger partial charge is 0.296 e. The molecule has 0 aliphatic carbocycles. The SMILES string of the molecule is CC1CCCN(Cc2ccc(C#N)cc2)C1C. The molecular formula is C15H20N2. The van der Waals surface area contributed by atoms with E-state index in [0.717, 1.165) is 18.0 Å². The van der Waals surface area contributed by atoms with Crippen molar-refractivity contribution >= 4 is 0 Å². The zero-order valence-electron chi connectivity index (χ0n) is 10.7. The summed E-state index contributed by atoms with van der Waals surface area (Å²) in [5, 5.41) is 8.77. The molecule has 2 atom stereocenters. The highest BCUT2D eigenvalue weighted by Gasteiger charge is 2.24. The van der Waals surface area contributed by atoms with E-state index in [-0.39, 0.29) is 0 Å². The number of nitrogens with zero attached hydrogens (tertiary/aromatic N) is 2. The van der Waals surface area contributed by atoms with Gasteiger partial charge in [0.05, 0.1) is 11.6 Å². The summed E-state index contributed by atoms with van der Waals surface area (Å²) in [6.45, 7) is 6.88. The Morgan fingerprint density at radius 2 is 2.00 bits per heavy atom. The first-order chi connectivity index (χ1) is 8.20. The lowest BCUT2D eigenvalue weighted by atomic mass is 9.91. The molecule has 0 amide bonds. The molecule has 1 aliphatic heterocycles. The van der Waals surface area contributed by atoms with Gasteiger partial charge in [-0.25, -0.2) is 0 Å². The summed E-state index contributed by atoms with van der Waals surface area (Å²) in [4.78, 5) is 2.55. The van der Waals surface area contributed by atoms with Crippen LogP contribution >= 0.6 is 0 Å². The van der Waals surface area contributed by atoms with Gasteiger partial charge in [0.2, 0.25) is 0 Å². The molecule has 2 nitrogen and oxygen atoms in total. The predicted molar refractivity (Wildman–Crippen MR) is 69.4 cm³/mol. The molecule has 0 spiro atoms. The maximum absolute atomic E-state index is 8.77. The number of likely N-dealkylation sites (tertiary alicyclic amines) is 1. The third-order valence-corrected chi connectivity index (χ3v) is 3.97. The molecule has 1 heterocycles. The molecule has 1 aromatic rings. The van der Waals surface area contributed by atoms with E-state index in [0.29, 0.717) is 6.04 Å². The van der Waals surface area contributed by atoms with Crippen LogP contribution in [0.5, 0.6) is 0 Å². The average Bonchev–Trinajstić information content (AvgIpc) is 2.36. The first-order valence-corrected chi connectivity index (χ1v) is 6.44. The standard InChI is InChI=1S/C15H20N2/c1-12-4-3-9-17(13(12)2)11-15-7-5-14(10-16)6-8-15/h5-8,12-13H,3-4,9,11H2,1-2H3. The van der Waals surface area contributed by atoms with Crippen LogP contribution in [-0.2, 0) is 6.54 Å². The Balaban J connectivity index is 2.02. The molecule has 2 unspecified atom stereocenters. The minimum absolute atomic E-state index is 0.666. The van der Waals surface area contributed by atoms with Gasteiger partial charge in [-0.1, -0.05) is 19.1 Å². The van der Waals surface area contributed by atoms with Crippen LogP contribution in [0, 0.1) is 17.2 Å². The molecule has 0 radical (unpaired) electrons. The number of hydrogen-bond acceptors (Lipinski definition) is 2. The summed E-state index contributed by atoms with van der Waals surface area (Å²) in [7, 11) is 0. The van der Waals surface area contributed by atoms with Crippen LogP contribution in [-0.4, -0.2) is 17.5 Å². The van der Waals surface area contributed by atoms with E-state index >= 15 is 0 Å². The Kier molecular flexibility index (Phi) is 3.81. The van der Waals surface area contributed by atoms with E-state index in [4.69, 9.17) is 5.26 Å². The lowest BCUT2D eigenvalue weighted by Gasteiger charge is -2.37. The molecular weight excluding hydrogens is 208 g/mol. The minimum atomic E-state index is 0.666. The summed E-state index contributed by atoms with van der Waals surface area (Å²) >= 11 is 0. The van der Waals surface area contributed by atoms with Crippen molar-refractivity contribution in [1.82, 2.24) is 4.90 Å². The van der Waals surface area contributed by atoms with Gasteiger partial charge in [0.25, 0.3) is 0 Å². The van der Waals surface area contributed by atoms with Crippen LogP contribution in [0.25, 0.3) is 0 Å². The maximum Gasteiger partial charge on any atom is 0.0991 e. The van der Waals surface area contributed by atoms with E-state index in [1.54, 1.807) is 0 Å². The van der Waals surface area contributed by atoms with Crippen molar-refractivity contribution in [3.05, 3.63) is 35.4 Å². The molecule has 1 aromatic carbocycles. The summed E-state index contributed by atoms with van der Waals surface area (Å²) < 4.78 is 0. The Labute approximate surface area is 104 Å². The lowest BCUT2D eigenvalue weighted by Crippen LogP contribution is -2.41. The van der Waals surface area contributed by atoms with Crippen molar-refractivity contribution in [3.8, 4) is 6.07 Å². The Morgan fingerprint density at radius 3 is 2.65 bits per heavy atom.